The van der Waals surface area contributed by atoms with Crippen LogP contribution in [0.15, 0.2) is 48.2 Å². The number of carbonyl (C=O) groups excluding carboxylic acids is 1. The maximum absolute atomic E-state index is 13.7. The summed E-state index contributed by atoms with van der Waals surface area (Å²) in [6.07, 6.45) is 6.15. The summed E-state index contributed by atoms with van der Waals surface area (Å²) in [5.41, 5.74) is 0.0206. The quantitative estimate of drug-likeness (QED) is 0.650. The number of carbonyl (C=O) groups is 1. The Morgan fingerprint density at radius 3 is 2.86 bits per heavy atom. The number of rotatable bonds is 5. The third-order valence-corrected chi connectivity index (χ3v) is 5.89. The van der Waals surface area contributed by atoms with Crippen molar-refractivity contribution in [3.8, 4) is 23.3 Å². The van der Waals surface area contributed by atoms with Gasteiger partial charge in [0.1, 0.15) is 0 Å². The van der Waals surface area contributed by atoms with Gasteiger partial charge in [0.2, 0.25) is 11.7 Å². The van der Waals surface area contributed by atoms with Crippen LogP contribution in [0.1, 0.15) is 35.0 Å². The zero-order chi connectivity index (χ0) is 20.3. The molecule has 1 fully saturated rings. The lowest BCUT2D eigenvalue weighted by Gasteiger charge is -2.38. The van der Waals surface area contributed by atoms with E-state index in [4.69, 9.17) is 10.00 Å². The van der Waals surface area contributed by atoms with Crippen molar-refractivity contribution in [1.29, 1.82) is 5.26 Å². The molecule has 1 N–H and O–H groups in total. The Hall–Kier alpha value is -3.15. The van der Waals surface area contributed by atoms with Crippen LogP contribution in [0.3, 0.4) is 0 Å². The molecule has 0 aliphatic carbocycles. The van der Waals surface area contributed by atoms with Gasteiger partial charge in [0, 0.05) is 42.8 Å². The lowest BCUT2D eigenvalue weighted by molar-refractivity contribution is 0.0269. The molecule has 0 radical (unpaired) electrons. The van der Waals surface area contributed by atoms with Crippen LogP contribution in [0.4, 0.5) is 0 Å². The lowest BCUT2D eigenvalue weighted by Crippen LogP contribution is -2.57. The van der Waals surface area contributed by atoms with Crippen molar-refractivity contribution >= 4 is 17.1 Å². The van der Waals surface area contributed by atoms with Crippen LogP contribution in [0, 0.1) is 11.3 Å². The van der Waals surface area contributed by atoms with Crippen LogP contribution in [0.2, 0.25) is 0 Å². The number of hydrogen-bond acceptors (Lipinski definition) is 8. The standard InChI is InChI=1S/C21H19N5O2S/c1-14-3-6-21(13-26-14,28-17-11-15(12-22)4-9-23-17)19(27)18-16(5-10-29-18)20-24-7-2-8-25-20/h2,4-5,7-11,14,26H,3,6,13H2,1H3/t14-,21-/m1/s1. The summed E-state index contributed by atoms with van der Waals surface area (Å²) < 4.78 is 6.20. The Kier molecular flexibility index (Phi) is 5.34. The van der Waals surface area contributed by atoms with Crippen LogP contribution < -0.4 is 10.1 Å². The molecule has 146 valence electrons. The number of ether oxygens (including phenoxy) is 1. The fraction of sp³-hybridized carbons (Fsp3) is 0.286. The van der Waals surface area contributed by atoms with Crippen LogP contribution in [-0.4, -0.2) is 38.9 Å². The van der Waals surface area contributed by atoms with Gasteiger partial charge < -0.3 is 10.1 Å². The molecule has 1 aliphatic heterocycles. The maximum Gasteiger partial charge on any atom is 0.218 e. The zero-order valence-electron chi connectivity index (χ0n) is 15.8. The monoisotopic (exact) mass is 405 g/mol. The molecule has 0 saturated carbocycles. The highest BCUT2D eigenvalue weighted by Gasteiger charge is 2.45. The smallest absolute Gasteiger partial charge is 0.218 e. The third kappa shape index (κ3) is 3.88. The number of Topliss-reactive ketones (excluding diaryl/α,β-unsaturated/α-hetero) is 1. The van der Waals surface area contributed by atoms with E-state index in [9.17, 15) is 4.79 Å². The fourth-order valence-corrected chi connectivity index (χ4v) is 4.27. The molecule has 0 unspecified atom stereocenters. The molecule has 1 aliphatic rings. The van der Waals surface area contributed by atoms with E-state index in [0.717, 1.165) is 6.42 Å². The molecule has 0 bridgehead atoms. The van der Waals surface area contributed by atoms with E-state index in [1.807, 2.05) is 11.4 Å². The van der Waals surface area contributed by atoms with Gasteiger partial charge in [-0.25, -0.2) is 15.0 Å². The van der Waals surface area contributed by atoms with Crippen molar-refractivity contribution in [2.45, 2.75) is 31.4 Å². The van der Waals surface area contributed by atoms with Crippen LogP contribution in [0.25, 0.3) is 11.4 Å². The predicted octanol–water partition coefficient (Wildman–Crippen LogP) is 3.24. The molecule has 0 aromatic carbocycles. The summed E-state index contributed by atoms with van der Waals surface area (Å²) in [6.45, 7) is 2.44. The number of piperidine rings is 1. The molecule has 4 rings (SSSR count). The van der Waals surface area contributed by atoms with E-state index in [1.165, 1.54) is 17.5 Å². The van der Waals surface area contributed by atoms with Crippen molar-refractivity contribution < 1.29 is 9.53 Å². The number of hydrogen-bond donors (Lipinski definition) is 1. The fourth-order valence-electron chi connectivity index (χ4n) is 3.35. The topological polar surface area (TPSA) is 101 Å². The second kappa shape index (κ2) is 8.07. The molecule has 0 amide bonds. The maximum atomic E-state index is 13.7. The number of nitriles is 1. The van der Waals surface area contributed by atoms with Crippen molar-refractivity contribution in [1.82, 2.24) is 20.3 Å². The first-order valence-corrected chi connectivity index (χ1v) is 10.2. The van der Waals surface area contributed by atoms with E-state index < -0.39 is 5.60 Å². The Labute approximate surface area is 172 Å². The van der Waals surface area contributed by atoms with Gasteiger partial charge in [-0.3, -0.25) is 4.79 Å². The molecule has 4 heterocycles. The minimum absolute atomic E-state index is 0.126. The van der Waals surface area contributed by atoms with Gasteiger partial charge in [-0.15, -0.1) is 11.3 Å². The zero-order valence-corrected chi connectivity index (χ0v) is 16.6. The lowest BCUT2D eigenvalue weighted by atomic mass is 9.85. The van der Waals surface area contributed by atoms with E-state index in [0.29, 0.717) is 34.8 Å². The first kappa shape index (κ1) is 19.2. The Balaban J connectivity index is 1.72. The van der Waals surface area contributed by atoms with Crippen LogP contribution in [0.5, 0.6) is 5.88 Å². The van der Waals surface area contributed by atoms with E-state index in [1.54, 1.807) is 30.6 Å². The average molecular weight is 405 g/mol. The summed E-state index contributed by atoms with van der Waals surface area (Å²) in [5.74, 6) is 0.648. The van der Waals surface area contributed by atoms with Gasteiger partial charge >= 0.3 is 0 Å². The van der Waals surface area contributed by atoms with E-state index in [-0.39, 0.29) is 17.7 Å². The predicted molar refractivity (Wildman–Crippen MR) is 109 cm³/mol. The molecule has 3 aromatic heterocycles. The van der Waals surface area contributed by atoms with Crippen molar-refractivity contribution in [3.63, 3.8) is 0 Å². The molecular weight excluding hydrogens is 386 g/mol. The molecule has 29 heavy (non-hydrogen) atoms. The Morgan fingerprint density at radius 1 is 1.31 bits per heavy atom. The molecule has 7 nitrogen and oxygen atoms in total. The minimum Gasteiger partial charge on any atom is -0.461 e. The summed E-state index contributed by atoms with van der Waals surface area (Å²) in [5, 5.41) is 14.4. The Morgan fingerprint density at radius 2 is 2.14 bits per heavy atom. The third-order valence-electron chi connectivity index (χ3n) is 4.97. The number of pyridine rings is 1. The number of aromatic nitrogens is 3. The molecule has 8 heteroatoms. The molecule has 3 aromatic rings. The second-order valence-corrected chi connectivity index (χ2v) is 7.89. The van der Waals surface area contributed by atoms with Gasteiger partial charge in [-0.05, 0) is 43.3 Å². The van der Waals surface area contributed by atoms with Gasteiger partial charge in [0.15, 0.2) is 11.4 Å². The molecular formula is C21H19N5O2S. The molecule has 1 saturated heterocycles. The van der Waals surface area contributed by atoms with Gasteiger partial charge in [-0.1, -0.05) is 0 Å². The highest BCUT2D eigenvalue weighted by molar-refractivity contribution is 7.12. The first-order chi connectivity index (χ1) is 14.1. The average Bonchev–Trinajstić information content (AvgIpc) is 3.25. The summed E-state index contributed by atoms with van der Waals surface area (Å²) >= 11 is 1.35. The van der Waals surface area contributed by atoms with Crippen LogP contribution >= 0.6 is 11.3 Å². The minimum atomic E-state index is -1.11. The normalized spacial score (nSPS) is 21.3. The van der Waals surface area contributed by atoms with Gasteiger partial charge in [0.05, 0.1) is 16.5 Å². The van der Waals surface area contributed by atoms with Gasteiger partial charge in [-0.2, -0.15) is 5.26 Å². The SMILES string of the molecule is C[C@@H]1CC[C@](Oc2cc(C#N)ccn2)(C(=O)c2sccc2-c2ncccn2)CN1. The Bertz CT molecular complexity index is 1050. The van der Waals surface area contributed by atoms with Crippen LogP contribution in [-0.2, 0) is 0 Å². The summed E-state index contributed by atoms with van der Waals surface area (Å²) in [6, 6.07) is 9.12. The van der Waals surface area contributed by atoms with E-state index >= 15 is 0 Å². The number of nitrogens with one attached hydrogen (secondary N) is 1. The largest absolute Gasteiger partial charge is 0.461 e. The van der Waals surface area contributed by atoms with E-state index in [2.05, 4.69) is 33.3 Å². The number of nitrogens with zero attached hydrogens (tertiary/aromatic N) is 4. The second-order valence-electron chi connectivity index (χ2n) is 6.98. The van der Waals surface area contributed by atoms with Crippen molar-refractivity contribution in [2.75, 3.05) is 6.54 Å². The first-order valence-electron chi connectivity index (χ1n) is 9.29. The number of ketones is 1. The summed E-state index contributed by atoms with van der Waals surface area (Å²) in [7, 11) is 0. The highest BCUT2D eigenvalue weighted by atomic mass is 32.1. The molecule has 0 spiro atoms. The molecule has 2 atom stereocenters. The van der Waals surface area contributed by atoms with Crippen molar-refractivity contribution in [2.24, 2.45) is 0 Å². The number of thiophene rings is 1. The van der Waals surface area contributed by atoms with Crippen molar-refractivity contribution in [3.05, 3.63) is 58.7 Å². The van der Waals surface area contributed by atoms with Gasteiger partial charge in [0.25, 0.3) is 0 Å². The summed E-state index contributed by atoms with van der Waals surface area (Å²) in [4.78, 5) is 27.1. The highest BCUT2D eigenvalue weighted by Crippen LogP contribution is 2.34.